The van der Waals surface area contributed by atoms with Crippen LogP contribution in [0.2, 0.25) is 0 Å². The molecule has 5 amide bonds. The lowest BCUT2D eigenvalue weighted by Crippen LogP contribution is -2.54. The molecule has 4 rings (SSSR count). The molecular formula is C27H21BrN4O9. The van der Waals surface area contributed by atoms with Crippen LogP contribution in [0.1, 0.15) is 5.56 Å². The van der Waals surface area contributed by atoms with Gasteiger partial charge in [0.15, 0.2) is 18.1 Å². The van der Waals surface area contributed by atoms with Gasteiger partial charge in [0.2, 0.25) is 0 Å². The number of hydrogen-bond donors (Lipinski definition) is 2. The molecule has 210 valence electrons. The Balaban J connectivity index is 1.55. The Hall–Kier alpha value is -5.24. The number of nitro benzene ring substituents is 1. The predicted molar refractivity (Wildman–Crippen MR) is 150 cm³/mol. The molecule has 1 heterocycles. The fraction of sp³-hybridized carbons (Fsp3) is 0.111. The quantitative estimate of drug-likeness (QED) is 0.154. The van der Waals surface area contributed by atoms with Crippen LogP contribution in [0.25, 0.3) is 6.08 Å². The molecule has 0 unspecified atom stereocenters. The van der Waals surface area contributed by atoms with E-state index >= 15 is 0 Å². The summed E-state index contributed by atoms with van der Waals surface area (Å²) in [6.45, 7) is -0.359. The summed E-state index contributed by atoms with van der Waals surface area (Å²) < 4.78 is 16.5. The minimum absolute atomic E-state index is 0.0875. The number of rotatable bonds is 9. The maximum absolute atomic E-state index is 13.2. The van der Waals surface area contributed by atoms with Crippen molar-refractivity contribution < 1.29 is 38.3 Å². The number of non-ortho nitro benzene ring substituents is 1. The Morgan fingerprint density at radius 3 is 2.46 bits per heavy atom. The van der Waals surface area contributed by atoms with Crippen molar-refractivity contribution in [1.29, 1.82) is 0 Å². The third kappa shape index (κ3) is 6.50. The number of benzene rings is 3. The van der Waals surface area contributed by atoms with Crippen LogP contribution >= 0.6 is 15.9 Å². The van der Waals surface area contributed by atoms with E-state index in [1.54, 1.807) is 24.3 Å². The van der Waals surface area contributed by atoms with E-state index in [1.807, 2.05) is 0 Å². The smallest absolute Gasteiger partial charge is 0.335 e. The predicted octanol–water partition coefficient (Wildman–Crippen LogP) is 4.06. The van der Waals surface area contributed by atoms with Gasteiger partial charge in [-0.3, -0.25) is 29.8 Å². The number of urea groups is 1. The molecule has 0 spiro atoms. The van der Waals surface area contributed by atoms with Gasteiger partial charge < -0.3 is 19.5 Å². The second-order valence-electron chi connectivity index (χ2n) is 8.33. The van der Waals surface area contributed by atoms with Crippen LogP contribution in [0, 0.1) is 10.1 Å². The van der Waals surface area contributed by atoms with Crippen LogP contribution in [-0.2, 0) is 14.4 Å². The van der Waals surface area contributed by atoms with Gasteiger partial charge in [0.25, 0.3) is 23.4 Å². The first-order valence-electron chi connectivity index (χ1n) is 11.7. The molecule has 41 heavy (non-hydrogen) atoms. The minimum Gasteiger partial charge on any atom is -0.497 e. The molecule has 0 radical (unpaired) electrons. The third-order valence-electron chi connectivity index (χ3n) is 5.68. The normalized spacial score (nSPS) is 14.0. The average Bonchev–Trinajstić information content (AvgIpc) is 2.94. The van der Waals surface area contributed by atoms with E-state index < -0.39 is 34.2 Å². The van der Waals surface area contributed by atoms with Crippen molar-refractivity contribution in [3.63, 3.8) is 0 Å². The largest absolute Gasteiger partial charge is 0.497 e. The van der Waals surface area contributed by atoms with E-state index in [0.29, 0.717) is 26.4 Å². The van der Waals surface area contributed by atoms with Crippen molar-refractivity contribution in [2.75, 3.05) is 31.0 Å². The number of imide groups is 2. The minimum atomic E-state index is -1.05. The molecule has 0 saturated carbocycles. The topological polar surface area (TPSA) is 166 Å². The van der Waals surface area contributed by atoms with Gasteiger partial charge >= 0.3 is 6.03 Å². The number of nitro groups is 1. The highest BCUT2D eigenvalue weighted by molar-refractivity contribution is 9.10. The molecule has 14 heteroatoms. The highest BCUT2D eigenvalue weighted by Crippen LogP contribution is 2.37. The zero-order chi connectivity index (χ0) is 29.7. The van der Waals surface area contributed by atoms with Crippen LogP contribution in [-0.4, -0.2) is 49.5 Å². The van der Waals surface area contributed by atoms with E-state index in [2.05, 4.69) is 26.6 Å². The maximum Gasteiger partial charge on any atom is 0.335 e. The summed E-state index contributed by atoms with van der Waals surface area (Å²) in [5.41, 5.74) is 0.0247. The number of nitrogens with one attached hydrogen (secondary N) is 2. The molecule has 1 saturated heterocycles. The number of methoxy groups -OCH3 is 2. The molecule has 0 aromatic heterocycles. The molecule has 3 aromatic carbocycles. The zero-order valence-electron chi connectivity index (χ0n) is 21.5. The van der Waals surface area contributed by atoms with E-state index in [-0.39, 0.29) is 29.5 Å². The summed E-state index contributed by atoms with van der Waals surface area (Å²) in [4.78, 5) is 61.7. The first-order valence-corrected chi connectivity index (χ1v) is 12.5. The first-order chi connectivity index (χ1) is 19.6. The summed E-state index contributed by atoms with van der Waals surface area (Å²) in [5.74, 6) is -1.37. The molecule has 0 aliphatic carbocycles. The van der Waals surface area contributed by atoms with E-state index in [9.17, 15) is 29.3 Å². The van der Waals surface area contributed by atoms with Crippen molar-refractivity contribution in [1.82, 2.24) is 5.32 Å². The fourth-order valence-electron chi connectivity index (χ4n) is 3.78. The van der Waals surface area contributed by atoms with Gasteiger partial charge in [-0.1, -0.05) is 6.07 Å². The molecular weight excluding hydrogens is 604 g/mol. The van der Waals surface area contributed by atoms with Gasteiger partial charge in [-0.25, -0.2) is 9.69 Å². The van der Waals surface area contributed by atoms with Crippen LogP contribution in [0.4, 0.5) is 21.9 Å². The van der Waals surface area contributed by atoms with Crippen molar-refractivity contribution in [3.8, 4) is 17.2 Å². The van der Waals surface area contributed by atoms with Gasteiger partial charge in [0, 0.05) is 17.8 Å². The molecule has 13 nitrogen and oxygen atoms in total. The molecule has 2 N–H and O–H groups in total. The Kier molecular flexibility index (Phi) is 8.63. The number of hydrogen-bond acceptors (Lipinski definition) is 9. The fourth-order valence-corrected chi connectivity index (χ4v) is 4.35. The molecule has 0 bridgehead atoms. The lowest BCUT2D eigenvalue weighted by molar-refractivity contribution is -0.384. The van der Waals surface area contributed by atoms with Crippen molar-refractivity contribution in [3.05, 3.63) is 86.4 Å². The number of amides is 5. The summed E-state index contributed by atoms with van der Waals surface area (Å²) in [6.07, 6.45) is 1.22. The maximum atomic E-state index is 13.2. The van der Waals surface area contributed by atoms with Crippen molar-refractivity contribution >= 4 is 62.8 Å². The third-order valence-corrected chi connectivity index (χ3v) is 6.27. The highest BCUT2D eigenvalue weighted by atomic mass is 79.9. The second-order valence-corrected chi connectivity index (χ2v) is 9.19. The molecule has 3 aromatic rings. The molecule has 0 atom stereocenters. The Morgan fingerprint density at radius 1 is 1.07 bits per heavy atom. The molecule has 1 aliphatic heterocycles. The summed E-state index contributed by atoms with van der Waals surface area (Å²) in [6, 6.07) is 13.5. The van der Waals surface area contributed by atoms with Crippen molar-refractivity contribution in [2.24, 2.45) is 0 Å². The van der Waals surface area contributed by atoms with E-state index in [1.165, 1.54) is 50.6 Å². The number of ether oxygens (including phenoxy) is 3. The SMILES string of the molecule is COc1ccc(NC(=O)COc2c(Br)cc(/C=C3/C(=O)NC(=O)N(c4cccc([N+](=O)[O-])c4)C3=O)cc2OC)cc1. The summed E-state index contributed by atoms with van der Waals surface area (Å²) in [5, 5.41) is 15.9. The Morgan fingerprint density at radius 2 is 1.80 bits per heavy atom. The van der Waals surface area contributed by atoms with Crippen molar-refractivity contribution in [2.45, 2.75) is 0 Å². The summed E-state index contributed by atoms with van der Waals surface area (Å²) >= 11 is 3.35. The number of anilines is 2. The number of carbonyl (C=O) groups excluding carboxylic acids is 4. The Bertz CT molecular complexity index is 1590. The lowest BCUT2D eigenvalue weighted by Gasteiger charge is -2.26. The average molecular weight is 625 g/mol. The summed E-state index contributed by atoms with van der Waals surface area (Å²) in [7, 11) is 2.90. The van der Waals surface area contributed by atoms with Crippen LogP contribution < -0.4 is 29.7 Å². The number of halogens is 1. The van der Waals surface area contributed by atoms with Gasteiger partial charge in [0.1, 0.15) is 11.3 Å². The monoisotopic (exact) mass is 624 g/mol. The second kappa shape index (κ2) is 12.3. The lowest BCUT2D eigenvalue weighted by atomic mass is 10.1. The standard InChI is InChI=1S/C27H21BrN4O9/c1-39-19-8-6-16(7-9-19)29-23(33)14-41-24-21(28)11-15(12-22(24)40-2)10-20-25(34)30-27(36)31(26(20)35)17-4-3-5-18(13-17)32(37)38/h3-13H,14H2,1-2H3,(H,29,33)(H,30,34,36)/b20-10-. The van der Waals surface area contributed by atoms with Crippen LogP contribution in [0.3, 0.4) is 0 Å². The van der Waals surface area contributed by atoms with E-state index in [0.717, 1.165) is 6.07 Å². The van der Waals surface area contributed by atoms with Gasteiger partial charge in [-0.15, -0.1) is 0 Å². The number of carbonyl (C=O) groups is 4. The van der Waals surface area contributed by atoms with Gasteiger partial charge in [-0.05, 0) is 70.0 Å². The Labute approximate surface area is 241 Å². The molecule has 1 aliphatic rings. The zero-order valence-corrected chi connectivity index (χ0v) is 23.1. The number of nitrogens with zero attached hydrogens (tertiary/aromatic N) is 2. The van der Waals surface area contributed by atoms with Gasteiger partial charge in [0.05, 0.1) is 29.3 Å². The van der Waals surface area contributed by atoms with E-state index in [4.69, 9.17) is 14.2 Å². The molecule has 1 fully saturated rings. The van der Waals surface area contributed by atoms with Crippen LogP contribution in [0.5, 0.6) is 17.2 Å². The van der Waals surface area contributed by atoms with Crippen LogP contribution in [0.15, 0.2) is 70.7 Å². The first kappa shape index (κ1) is 28.8. The van der Waals surface area contributed by atoms with Gasteiger partial charge in [-0.2, -0.15) is 0 Å². The highest BCUT2D eigenvalue weighted by Gasteiger charge is 2.37. The number of barbiturate groups is 1.